The molecule has 0 aliphatic rings. The Morgan fingerprint density at radius 2 is 1.90 bits per heavy atom. The highest BCUT2D eigenvalue weighted by Gasteiger charge is 2.15. The average molecular weight is 294 g/mol. The molecule has 0 bridgehead atoms. The number of hydrogen-bond donors (Lipinski definition) is 1. The van der Waals surface area contributed by atoms with Gasteiger partial charge in [0.2, 0.25) is 5.91 Å². The van der Waals surface area contributed by atoms with Crippen LogP contribution in [-0.2, 0) is 11.3 Å². The number of amides is 1. The monoisotopic (exact) mass is 294 g/mol. The zero-order valence-electron chi connectivity index (χ0n) is 13.4. The van der Waals surface area contributed by atoms with E-state index < -0.39 is 0 Å². The SMILES string of the molecule is CCOc1cccc(CN(C)CC(=O)N(CC)CC)c1O. The van der Waals surface area contributed by atoms with Gasteiger partial charge in [-0.2, -0.15) is 0 Å². The Balaban J connectivity index is 2.68. The van der Waals surface area contributed by atoms with Crippen molar-refractivity contribution < 1.29 is 14.6 Å². The Morgan fingerprint density at radius 3 is 2.48 bits per heavy atom. The van der Waals surface area contributed by atoms with Gasteiger partial charge in [0.05, 0.1) is 13.2 Å². The van der Waals surface area contributed by atoms with Crippen LogP contribution < -0.4 is 4.74 Å². The van der Waals surface area contributed by atoms with Crippen LogP contribution in [0.4, 0.5) is 0 Å². The minimum absolute atomic E-state index is 0.1000. The van der Waals surface area contributed by atoms with Crippen molar-refractivity contribution in [2.75, 3.05) is 33.3 Å². The van der Waals surface area contributed by atoms with Gasteiger partial charge in [-0.1, -0.05) is 12.1 Å². The van der Waals surface area contributed by atoms with Crippen LogP contribution in [0.25, 0.3) is 0 Å². The molecule has 0 aliphatic carbocycles. The van der Waals surface area contributed by atoms with Crippen LogP contribution in [-0.4, -0.2) is 54.1 Å². The molecule has 0 saturated heterocycles. The molecule has 0 spiro atoms. The Kier molecular flexibility index (Phi) is 7.02. The molecule has 1 aromatic rings. The molecule has 0 aromatic heterocycles. The van der Waals surface area contributed by atoms with E-state index in [4.69, 9.17) is 4.74 Å². The first kappa shape index (κ1) is 17.3. The van der Waals surface area contributed by atoms with E-state index in [0.29, 0.717) is 38.5 Å². The Morgan fingerprint density at radius 1 is 1.24 bits per heavy atom. The van der Waals surface area contributed by atoms with Crippen molar-refractivity contribution in [2.45, 2.75) is 27.3 Å². The van der Waals surface area contributed by atoms with Crippen molar-refractivity contribution in [2.24, 2.45) is 0 Å². The molecule has 5 heteroatoms. The molecule has 1 N–H and O–H groups in total. The Labute approximate surface area is 127 Å². The van der Waals surface area contributed by atoms with Crippen molar-refractivity contribution in [3.05, 3.63) is 23.8 Å². The van der Waals surface area contributed by atoms with Crippen LogP contribution >= 0.6 is 0 Å². The molecule has 21 heavy (non-hydrogen) atoms. The molecule has 0 fully saturated rings. The van der Waals surface area contributed by atoms with Crippen LogP contribution in [0.3, 0.4) is 0 Å². The van der Waals surface area contributed by atoms with Gasteiger partial charge in [0.25, 0.3) is 0 Å². The number of phenolic OH excluding ortho intramolecular Hbond substituents is 1. The van der Waals surface area contributed by atoms with Gasteiger partial charge in [-0.25, -0.2) is 0 Å². The van der Waals surface area contributed by atoms with Crippen molar-refractivity contribution in [3.8, 4) is 11.5 Å². The van der Waals surface area contributed by atoms with E-state index in [2.05, 4.69) is 0 Å². The smallest absolute Gasteiger partial charge is 0.236 e. The third-order valence-corrected chi connectivity index (χ3v) is 3.34. The number of rotatable bonds is 8. The highest BCUT2D eigenvalue weighted by Crippen LogP contribution is 2.30. The predicted octanol–water partition coefficient (Wildman–Crippen LogP) is 2.09. The van der Waals surface area contributed by atoms with Gasteiger partial charge in [-0.15, -0.1) is 0 Å². The molecule has 118 valence electrons. The van der Waals surface area contributed by atoms with Gasteiger partial charge in [0.1, 0.15) is 0 Å². The van der Waals surface area contributed by atoms with Gasteiger partial charge in [0.15, 0.2) is 11.5 Å². The molecule has 0 atom stereocenters. The molecular weight excluding hydrogens is 268 g/mol. The average Bonchev–Trinajstić information content (AvgIpc) is 2.44. The quantitative estimate of drug-likeness (QED) is 0.797. The number of nitrogens with zero attached hydrogens (tertiary/aromatic N) is 2. The number of aromatic hydroxyl groups is 1. The van der Waals surface area contributed by atoms with Gasteiger partial charge >= 0.3 is 0 Å². The molecule has 1 aromatic carbocycles. The van der Waals surface area contributed by atoms with Gasteiger partial charge in [0, 0.05) is 25.2 Å². The normalized spacial score (nSPS) is 10.7. The summed E-state index contributed by atoms with van der Waals surface area (Å²) in [4.78, 5) is 15.8. The summed E-state index contributed by atoms with van der Waals surface area (Å²) >= 11 is 0. The van der Waals surface area contributed by atoms with Crippen LogP contribution in [0.5, 0.6) is 11.5 Å². The van der Waals surface area contributed by atoms with Crippen LogP contribution in [0.15, 0.2) is 18.2 Å². The summed E-state index contributed by atoms with van der Waals surface area (Å²) in [6.07, 6.45) is 0. The minimum Gasteiger partial charge on any atom is -0.504 e. The lowest BCUT2D eigenvalue weighted by Crippen LogP contribution is -2.38. The van der Waals surface area contributed by atoms with Crippen LogP contribution in [0.2, 0.25) is 0 Å². The zero-order chi connectivity index (χ0) is 15.8. The van der Waals surface area contributed by atoms with E-state index in [0.717, 1.165) is 5.56 Å². The first-order valence-electron chi connectivity index (χ1n) is 7.43. The Bertz CT molecular complexity index is 459. The molecule has 0 radical (unpaired) electrons. The molecule has 0 saturated carbocycles. The second-order valence-electron chi connectivity index (χ2n) is 4.94. The molecular formula is C16H26N2O3. The number of likely N-dealkylation sites (N-methyl/N-ethyl adjacent to an activating group) is 2. The van der Waals surface area contributed by atoms with Crippen molar-refractivity contribution >= 4 is 5.91 Å². The standard InChI is InChI=1S/C16H26N2O3/c1-5-18(6-2)15(19)12-17(4)11-13-9-8-10-14(16(13)20)21-7-3/h8-10,20H,5-7,11-12H2,1-4H3. The second-order valence-corrected chi connectivity index (χ2v) is 4.94. The van der Waals surface area contributed by atoms with E-state index >= 15 is 0 Å². The second kappa shape index (κ2) is 8.52. The summed E-state index contributed by atoms with van der Waals surface area (Å²) in [7, 11) is 1.87. The van der Waals surface area contributed by atoms with Crippen molar-refractivity contribution in [1.29, 1.82) is 0 Å². The topological polar surface area (TPSA) is 53.0 Å². The summed E-state index contributed by atoms with van der Waals surface area (Å²) in [6.45, 7) is 8.59. The number of para-hydroxylation sites is 1. The maximum Gasteiger partial charge on any atom is 0.236 e. The van der Waals surface area contributed by atoms with Crippen LogP contribution in [0, 0.1) is 0 Å². The molecule has 1 rings (SSSR count). The number of phenols is 1. The van der Waals surface area contributed by atoms with E-state index in [-0.39, 0.29) is 11.7 Å². The first-order valence-corrected chi connectivity index (χ1v) is 7.43. The molecule has 5 nitrogen and oxygen atoms in total. The molecule has 1 amide bonds. The van der Waals surface area contributed by atoms with Gasteiger partial charge in [-0.05, 0) is 33.9 Å². The summed E-state index contributed by atoms with van der Waals surface area (Å²) in [6, 6.07) is 5.43. The molecule has 0 aliphatic heterocycles. The zero-order valence-corrected chi connectivity index (χ0v) is 13.4. The highest BCUT2D eigenvalue weighted by molar-refractivity contribution is 5.78. The third kappa shape index (κ3) is 4.93. The van der Waals surface area contributed by atoms with E-state index in [1.54, 1.807) is 11.0 Å². The first-order chi connectivity index (χ1) is 10.0. The Hall–Kier alpha value is -1.75. The molecule has 0 unspecified atom stereocenters. The van der Waals surface area contributed by atoms with E-state index in [1.165, 1.54) is 0 Å². The summed E-state index contributed by atoms with van der Waals surface area (Å²) in [5.74, 6) is 0.739. The van der Waals surface area contributed by atoms with E-state index in [1.807, 2.05) is 44.9 Å². The lowest BCUT2D eigenvalue weighted by molar-refractivity contribution is -0.131. The summed E-state index contributed by atoms with van der Waals surface area (Å²) < 4.78 is 5.37. The third-order valence-electron chi connectivity index (χ3n) is 3.34. The minimum atomic E-state index is 0.1000. The fourth-order valence-corrected chi connectivity index (χ4v) is 2.22. The summed E-state index contributed by atoms with van der Waals surface area (Å²) in [5, 5.41) is 10.2. The summed E-state index contributed by atoms with van der Waals surface area (Å²) in [5.41, 5.74) is 0.760. The maximum absolute atomic E-state index is 12.1. The number of carbonyl (C=O) groups excluding carboxylic acids is 1. The fraction of sp³-hybridized carbons (Fsp3) is 0.562. The number of ether oxygens (including phenoxy) is 1. The molecule has 0 heterocycles. The van der Waals surface area contributed by atoms with Crippen LogP contribution in [0.1, 0.15) is 26.3 Å². The van der Waals surface area contributed by atoms with Crippen molar-refractivity contribution in [1.82, 2.24) is 9.80 Å². The van der Waals surface area contributed by atoms with Crippen molar-refractivity contribution in [3.63, 3.8) is 0 Å². The fourth-order valence-electron chi connectivity index (χ4n) is 2.22. The predicted molar refractivity (Wildman–Crippen MR) is 83.5 cm³/mol. The lowest BCUT2D eigenvalue weighted by atomic mass is 10.1. The van der Waals surface area contributed by atoms with Gasteiger partial charge in [-0.3, -0.25) is 9.69 Å². The highest BCUT2D eigenvalue weighted by atomic mass is 16.5. The number of benzene rings is 1. The number of hydrogen-bond acceptors (Lipinski definition) is 4. The van der Waals surface area contributed by atoms with E-state index in [9.17, 15) is 9.90 Å². The van der Waals surface area contributed by atoms with Gasteiger partial charge < -0.3 is 14.7 Å². The lowest BCUT2D eigenvalue weighted by Gasteiger charge is -2.23. The maximum atomic E-state index is 12.1. The number of carbonyl (C=O) groups is 1. The largest absolute Gasteiger partial charge is 0.504 e.